The van der Waals surface area contributed by atoms with E-state index < -0.39 is 11.2 Å². The molecule has 3 heterocycles. The summed E-state index contributed by atoms with van der Waals surface area (Å²) in [4.78, 5) is 23.7. The molecule has 0 aromatic carbocycles. The standard InChI is InChI=1S/C11H10N4O3S2/c16-9(17)5-7-10(18)14-15-8(12-13-11(15)20-7)4-6-2-1-3-19-6/h1-3,7H,4-5H2,(H,14,18)(H,16,17). The minimum atomic E-state index is -1.01. The largest absolute Gasteiger partial charge is 0.481 e. The number of aromatic nitrogens is 3. The lowest BCUT2D eigenvalue weighted by Crippen LogP contribution is -2.38. The van der Waals surface area contributed by atoms with Crippen LogP contribution >= 0.6 is 23.1 Å². The van der Waals surface area contributed by atoms with Gasteiger partial charge < -0.3 is 5.11 Å². The molecule has 3 rings (SSSR count). The molecule has 2 N–H and O–H groups in total. The number of carbonyl (C=O) groups is 2. The van der Waals surface area contributed by atoms with E-state index in [9.17, 15) is 9.59 Å². The van der Waals surface area contributed by atoms with Crippen LogP contribution in [0.3, 0.4) is 0 Å². The molecule has 0 saturated carbocycles. The molecule has 0 bridgehead atoms. The Hall–Kier alpha value is -1.87. The number of rotatable bonds is 4. The number of hydrogen-bond acceptors (Lipinski definition) is 6. The Morgan fingerprint density at radius 2 is 2.35 bits per heavy atom. The van der Waals surface area contributed by atoms with Crippen LogP contribution in [0.2, 0.25) is 0 Å². The first-order chi connectivity index (χ1) is 9.63. The van der Waals surface area contributed by atoms with Crippen molar-refractivity contribution in [3.63, 3.8) is 0 Å². The molecule has 2 aromatic heterocycles. The zero-order valence-corrected chi connectivity index (χ0v) is 11.8. The second-order valence-corrected chi connectivity index (χ2v) is 6.37. The fraction of sp³-hybridized carbons (Fsp3) is 0.273. The van der Waals surface area contributed by atoms with Crippen molar-refractivity contribution in [2.24, 2.45) is 0 Å². The van der Waals surface area contributed by atoms with Gasteiger partial charge in [0, 0.05) is 11.3 Å². The number of amides is 1. The second-order valence-electron chi connectivity index (χ2n) is 4.17. The number of thiophene rings is 1. The van der Waals surface area contributed by atoms with E-state index in [4.69, 9.17) is 5.11 Å². The van der Waals surface area contributed by atoms with E-state index in [-0.39, 0.29) is 12.3 Å². The lowest BCUT2D eigenvalue weighted by molar-refractivity contribution is -0.138. The molecule has 0 spiro atoms. The molecular weight excluding hydrogens is 300 g/mol. The number of nitrogens with one attached hydrogen (secondary N) is 1. The molecule has 1 amide bonds. The molecular formula is C11H10N4O3S2. The van der Waals surface area contributed by atoms with Gasteiger partial charge >= 0.3 is 5.97 Å². The average molecular weight is 310 g/mol. The molecule has 7 nitrogen and oxygen atoms in total. The summed E-state index contributed by atoms with van der Waals surface area (Å²) in [6.07, 6.45) is 0.346. The third-order valence-corrected chi connectivity index (χ3v) is 4.75. The van der Waals surface area contributed by atoms with Crippen LogP contribution in [0.25, 0.3) is 0 Å². The van der Waals surface area contributed by atoms with Crippen LogP contribution in [0.5, 0.6) is 0 Å². The SMILES string of the molecule is O=C(O)CC1Sc2nnc(Cc3cccs3)n2NC1=O. The summed E-state index contributed by atoms with van der Waals surface area (Å²) in [5, 5.41) is 18.7. The minimum absolute atomic E-state index is 0.233. The summed E-state index contributed by atoms with van der Waals surface area (Å²) in [6.45, 7) is 0. The van der Waals surface area contributed by atoms with Crippen molar-refractivity contribution in [3.05, 3.63) is 28.2 Å². The van der Waals surface area contributed by atoms with Crippen molar-refractivity contribution >= 4 is 35.0 Å². The second kappa shape index (κ2) is 5.25. The molecule has 104 valence electrons. The molecule has 0 radical (unpaired) electrons. The summed E-state index contributed by atoms with van der Waals surface area (Å²) < 4.78 is 1.53. The first-order valence-corrected chi connectivity index (χ1v) is 7.55. The fourth-order valence-electron chi connectivity index (χ4n) is 1.83. The Kier molecular flexibility index (Phi) is 3.45. The maximum atomic E-state index is 11.9. The Labute approximate surface area is 122 Å². The van der Waals surface area contributed by atoms with Crippen molar-refractivity contribution in [1.82, 2.24) is 14.9 Å². The van der Waals surface area contributed by atoms with Gasteiger partial charge in [-0.25, -0.2) is 4.68 Å². The number of carboxylic acids is 1. The van der Waals surface area contributed by atoms with Gasteiger partial charge in [-0.05, 0) is 11.4 Å². The van der Waals surface area contributed by atoms with Crippen molar-refractivity contribution in [3.8, 4) is 0 Å². The van der Waals surface area contributed by atoms with Crippen molar-refractivity contribution in [2.45, 2.75) is 23.2 Å². The third kappa shape index (κ3) is 2.54. The highest BCUT2D eigenvalue weighted by atomic mass is 32.2. The quantitative estimate of drug-likeness (QED) is 0.872. The van der Waals surface area contributed by atoms with Gasteiger partial charge in [0.15, 0.2) is 5.82 Å². The van der Waals surface area contributed by atoms with Crippen LogP contribution in [0.4, 0.5) is 0 Å². The minimum Gasteiger partial charge on any atom is -0.481 e. The van der Waals surface area contributed by atoms with Crippen molar-refractivity contribution in [2.75, 3.05) is 5.43 Å². The number of aliphatic carboxylic acids is 1. The average Bonchev–Trinajstić information content (AvgIpc) is 3.01. The summed E-state index contributed by atoms with van der Waals surface area (Å²) in [6, 6.07) is 3.93. The van der Waals surface area contributed by atoms with E-state index in [0.29, 0.717) is 17.4 Å². The Morgan fingerprint density at radius 1 is 1.50 bits per heavy atom. The predicted molar refractivity (Wildman–Crippen MR) is 73.4 cm³/mol. The summed E-state index contributed by atoms with van der Waals surface area (Å²) in [5.74, 6) is -0.710. The Balaban J connectivity index is 1.81. The normalized spacial score (nSPS) is 17.6. The van der Waals surface area contributed by atoms with Gasteiger partial charge in [-0.2, -0.15) is 0 Å². The summed E-state index contributed by atoms with van der Waals surface area (Å²) in [5.41, 5.74) is 2.65. The van der Waals surface area contributed by atoms with Gasteiger partial charge in [-0.15, -0.1) is 21.5 Å². The molecule has 1 unspecified atom stereocenters. The molecule has 1 aliphatic rings. The number of fused-ring (bicyclic) bond motifs is 1. The number of carboxylic acid groups (broad SMARTS) is 1. The third-order valence-electron chi connectivity index (χ3n) is 2.73. The monoisotopic (exact) mass is 310 g/mol. The lowest BCUT2D eigenvalue weighted by atomic mass is 10.3. The summed E-state index contributed by atoms with van der Waals surface area (Å²) >= 11 is 2.73. The highest BCUT2D eigenvalue weighted by Gasteiger charge is 2.32. The van der Waals surface area contributed by atoms with Crippen molar-refractivity contribution < 1.29 is 14.7 Å². The van der Waals surface area contributed by atoms with Crippen molar-refractivity contribution in [1.29, 1.82) is 0 Å². The van der Waals surface area contributed by atoms with E-state index >= 15 is 0 Å². The van der Waals surface area contributed by atoms with E-state index in [0.717, 1.165) is 16.6 Å². The van der Waals surface area contributed by atoms with Gasteiger partial charge in [0.05, 0.1) is 6.42 Å². The lowest BCUT2D eigenvalue weighted by Gasteiger charge is -2.21. The maximum Gasteiger partial charge on any atom is 0.305 e. The number of carbonyl (C=O) groups excluding carboxylic acids is 1. The van der Waals surface area contributed by atoms with Gasteiger partial charge in [0.25, 0.3) is 5.91 Å². The predicted octanol–water partition coefficient (Wildman–Crippen LogP) is 0.950. The van der Waals surface area contributed by atoms with E-state index in [1.54, 1.807) is 11.3 Å². The van der Waals surface area contributed by atoms with E-state index in [2.05, 4.69) is 15.6 Å². The van der Waals surface area contributed by atoms with Gasteiger partial charge in [0.1, 0.15) is 5.25 Å². The molecule has 1 atom stereocenters. The Bertz CT molecular complexity index is 653. The Morgan fingerprint density at radius 3 is 3.05 bits per heavy atom. The van der Waals surface area contributed by atoms with Crippen LogP contribution in [0.15, 0.2) is 22.7 Å². The fourth-order valence-corrected chi connectivity index (χ4v) is 3.51. The zero-order chi connectivity index (χ0) is 14.1. The number of hydrogen-bond donors (Lipinski definition) is 2. The zero-order valence-electron chi connectivity index (χ0n) is 10.1. The first kappa shape index (κ1) is 13.1. The first-order valence-electron chi connectivity index (χ1n) is 5.79. The molecule has 0 aliphatic carbocycles. The van der Waals surface area contributed by atoms with Gasteiger partial charge in [0.2, 0.25) is 5.16 Å². The van der Waals surface area contributed by atoms with E-state index in [1.807, 2.05) is 17.5 Å². The smallest absolute Gasteiger partial charge is 0.305 e. The highest BCUT2D eigenvalue weighted by Crippen LogP contribution is 2.29. The molecule has 1 aliphatic heterocycles. The molecule has 0 fully saturated rings. The topological polar surface area (TPSA) is 97.1 Å². The van der Waals surface area contributed by atoms with Crippen LogP contribution in [-0.2, 0) is 16.0 Å². The molecule has 0 saturated heterocycles. The van der Waals surface area contributed by atoms with Crippen LogP contribution < -0.4 is 5.43 Å². The molecule has 20 heavy (non-hydrogen) atoms. The summed E-state index contributed by atoms with van der Waals surface area (Å²) in [7, 11) is 0. The molecule has 2 aromatic rings. The van der Waals surface area contributed by atoms with Crippen LogP contribution in [-0.4, -0.2) is 37.1 Å². The number of nitrogens with zero attached hydrogens (tertiary/aromatic N) is 3. The maximum absolute atomic E-state index is 11.9. The van der Waals surface area contributed by atoms with Crippen LogP contribution in [0.1, 0.15) is 17.1 Å². The van der Waals surface area contributed by atoms with Gasteiger partial charge in [-0.1, -0.05) is 17.8 Å². The highest BCUT2D eigenvalue weighted by molar-refractivity contribution is 8.00. The number of thioether (sulfide) groups is 1. The van der Waals surface area contributed by atoms with E-state index in [1.165, 1.54) is 4.68 Å². The van der Waals surface area contributed by atoms with Gasteiger partial charge in [-0.3, -0.25) is 15.0 Å². The molecule has 9 heteroatoms. The van der Waals surface area contributed by atoms with Crippen LogP contribution in [0, 0.1) is 0 Å².